The molecular formula is C38H53F3O2. The number of carbonyl (C=O) groups excluding carboxylic acids is 1. The first kappa shape index (κ1) is 32.4. The molecule has 238 valence electrons. The summed E-state index contributed by atoms with van der Waals surface area (Å²) in [6, 6.07) is 4.40. The molecule has 2 nitrogen and oxygen atoms in total. The monoisotopic (exact) mass is 598 g/mol. The molecular weight excluding hydrogens is 545 g/mol. The fourth-order valence-corrected chi connectivity index (χ4v) is 10.7. The van der Waals surface area contributed by atoms with Gasteiger partial charge in [0.25, 0.3) is 0 Å². The van der Waals surface area contributed by atoms with E-state index in [2.05, 4.69) is 61.5 Å². The molecule has 5 rings (SSSR count). The molecule has 0 aromatic heterocycles. The lowest BCUT2D eigenvalue weighted by molar-refractivity contribution is -0.137. The van der Waals surface area contributed by atoms with Gasteiger partial charge in [0, 0.05) is 5.41 Å². The minimum Gasteiger partial charge on any atom is -0.458 e. The molecule has 1 aromatic carbocycles. The van der Waals surface area contributed by atoms with E-state index in [0.717, 1.165) is 49.7 Å². The SMILES string of the molecule is CC(C)=CCC[C@@H](C)[C@H]1CC[C@@]2(C)C3=C(CC[C@]12C)[C@@]1(C)CC[C@H](OC(=O)c2ccc(C(F)(F)F)cc2)C(C)(C)C1CC3. The van der Waals surface area contributed by atoms with Crippen molar-refractivity contribution in [3.63, 3.8) is 0 Å². The van der Waals surface area contributed by atoms with Gasteiger partial charge in [-0.3, -0.25) is 0 Å². The minimum atomic E-state index is -4.43. The maximum Gasteiger partial charge on any atom is 0.416 e. The highest BCUT2D eigenvalue weighted by Gasteiger charge is 2.63. The van der Waals surface area contributed by atoms with E-state index in [-0.39, 0.29) is 27.9 Å². The zero-order valence-corrected chi connectivity index (χ0v) is 27.7. The van der Waals surface area contributed by atoms with Gasteiger partial charge in [-0.05, 0) is 136 Å². The molecule has 2 fully saturated rings. The molecule has 0 amide bonds. The summed E-state index contributed by atoms with van der Waals surface area (Å²) >= 11 is 0. The van der Waals surface area contributed by atoms with Gasteiger partial charge >= 0.3 is 12.1 Å². The molecule has 2 saturated carbocycles. The quantitative estimate of drug-likeness (QED) is 0.240. The number of alkyl halides is 3. The van der Waals surface area contributed by atoms with Gasteiger partial charge in [0.05, 0.1) is 11.1 Å². The third-order valence-electron chi connectivity index (χ3n) is 13.3. The van der Waals surface area contributed by atoms with E-state index in [9.17, 15) is 18.0 Å². The molecule has 5 heteroatoms. The smallest absolute Gasteiger partial charge is 0.416 e. The van der Waals surface area contributed by atoms with Crippen LogP contribution in [0, 0.1) is 39.4 Å². The third kappa shape index (κ3) is 5.33. The lowest BCUT2D eigenvalue weighted by Crippen LogP contribution is -2.55. The Labute approximate surface area is 257 Å². The molecule has 0 spiro atoms. The van der Waals surface area contributed by atoms with E-state index in [1.807, 2.05) is 0 Å². The molecule has 0 bridgehead atoms. The van der Waals surface area contributed by atoms with Crippen molar-refractivity contribution < 1.29 is 22.7 Å². The van der Waals surface area contributed by atoms with Crippen LogP contribution in [0.15, 0.2) is 47.1 Å². The maximum absolute atomic E-state index is 13.1. The van der Waals surface area contributed by atoms with Crippen molar-refractivity contribution in [2.45, 2.75) is 132 Å². The number of halogens is 3. The van der Waals surface area contributed by atoms with E-state index in [0.29, 0.717) is 11.3 Å². The van der Waals surface area contributed by atoms with Crippen LogP contribution >= 0.6 is 0 Å². The van der Waals surface area contributed by atoms with Crippen LogP contribution in [0.25, 0.3) is 0 Å². The first-order chi connectivity index (χ1) is 19.9. The van der Waals surface area contributed by atoms with Crippen molar-refractivity contribution in [2.24, 2.45) is 39.4 Å². The van der Waals surface area contributed by atoms with Gasteiger partial charge in [0.2, 0.25) is 0 Å². The average Bonchev–Trinajstić information content (AvgIpc) is 3.21. The summed E-state index contributed by atoms with van der Waals surface area (Å²) < 4.78 is 45.2. The van der Waals surface area contributed by atoms with Crippen LogP contribution < -0.4 is 0 Å². The number of hydrogen-bond acceptors (Lipinski definition) is 2. The van der Waals surface area contributed by atoms with Crippen molar-refractivity contribution in [3.05, 3.63) is 58.2 Å². The predicted octanol–water partition coefficient (Wildman–Crippen LogP) is 11.4. The number of benzene rings is 1. The Kier molecular flexibility index (Phi) is 8.34. The Hall–Kier alpha value is -2.04. The molecule has 0 radical (unpaired) electrons. The fraction of sp³-hybridized carbons (Fsp3) is 0.711. The van der Waals surface area contributed by atoms with Crippen LogP contribution in [0.5, 0.6) is 0 Å². The van der Waals surface area contributed by atoms with Gasteiger partial charge in [-0.15, -0.1) is 0 Å². The normalized spacial score (nSPS) is 35.8. The number of carbonyl (C=O) groups is 1. The van der Waals surface area contributed by atoms with E-state index >= 15 is 0 Å². The summed E-state index contributed by atoms with van der Waals surface area (Å²) in [5.74, 6) is 1.36. The second kappa shape index (κ2) is 11.1. The Morgan fingerprint density at radius 3 is 2.26 bits per heavy atom. The summed E-state index contributed by atoms with van der Waals surface area (Å²) in [7, 11) is 0. The highest BCUT2D eigenvalue weighted by Crippen LogP contribution is 2.72. The van der Waals surface area contributed by atoms with Crippen molar-refractivity contribution in [1.29, 1.82) is 0 Å². The van der Waals surface area contributed by atoms with Gasteiger partial charge in [-0.25, -0.2) is 4.79 Å². The molecule has 0 heterocycles. The largest absolute Gasteiger partial charge is 0.458 e. The average molecular weight is 599 g/mol. The van der Waals surface area contributed by atoms with E-state index in [4.69, 9.17) is 4.74 Å². The molecule has 7 atom stereocenters. The van der Waals surface area contributed by atoms with Crippen LogP contribution in [-0.2, 0) is 10.9 Å². The maximum atomic E-state index is 13.1. The second-order valence-electron chi connectivity index (χ2n) is 16.0. The molecule has 0 aliphatic heterocycles. The first-order valence-corrected chi connectivity index (χ1v) is 16.7. The molecule has 1 aromatic rings. The number of rotatable bonds is 6. The first-order valence-electron chi connectivity index (χ1n) is 16.7. The van der Waals surface area contributed by atoms with Crippen molar-refractivity contribution >= 4 is 5.97 Å². The topological polar surface area (TPSA) is 26.3 Å². The molecule has 0 N–H and O–H groups in total. The van der Waals surface area contributed by atoms with E-state index in [1.165, 1.54) is 56.2 Å². The number of esters is 1. The fourth-order valence-electron chi connectivity index (χ4n) is 10.7. The van der Waals surface area contributed by atoms with Gasteiger partial charge in [0.1, 0.15) is 6.10 Å². The van der Waals surface area contributed by atoms with E-state index < -0.39 is 17.7 Å². The van der Waals surface area contributed by atoms with Gasteiger partial charge in [0.15, 0.2) is 0 Å². The van der Waals surface area contributed by atoms with Crippen LogP contribution in [0.2, 0.25) is 0 Å². The molecule has 0 saturated heterocycles. The molecule has 43 heavy (non-hydrogen) atoms. The van der Waals surface area contributed by atoms with Crippen molar-refractivity contribution in [3.8, 4) is 0 Å². The Balaban J connectivity index is 1.35. The van der Waals surface area contributed by atoms with Gasteiger partial charge in [-0.1, -0.05) is 64.3 Å². The highest BCUT2D eigenvalue weighted by molar-refractivity contribution is 5.89. The third-order valence-corrected chi connectivity index (χ3v) is 13.3. The lowest BCUT2D eigenvalue weighted by atomic mass is 9.43. The Morgan fingerprint density at radius 2 is 1.63 bits per heavy atom. The van der Waals surface area contributed by atoms with Crippen LogP contribution in [0.4, 0.5) is 13.2 Å². The Bertz CT molecular complexity index is 1280. The highest BCUT2D eigenvalue weighted by atomic mass is 19.4. The second-order valence-corrected chi connectivity index (χ2v) is 16.0. The minimum absolute atomic E-state index is 0.0891. The standard InChI is InChI=1S/C38H53F3O2/c1-24(2)10-9-11-25(3)28-18-22-37(8)30-16-17-31-34(4,5)32(20-21-35(31,6)29(30)19-23-36(28,37)7)43-33(42)26-12-14-27(15-13-26)38(39,40)41/h10,12-15,25,28,31-32H,9,11,16-23H2,1-8H3/t25-,28-,31?,32+,35-,36-,37+/m1/s1. The molecule has 1 unspecified atom stereocenters. The Morgan fingerprint density at radius 1 is 0.953 bits per heavy atom. The van der Waals surface area contributed by atoms with Crippen LogP contribution in [0.1, 0.15) is 136 Å². The molecule has 4 aliphatic rings. The van der Waals surface area contributed by atoms with Crippen LogP contribution in [-0.4, -0.2) is 12.1 Å². The summed E-state index contributed by atoms with van der Waals surface area (Å²) in [6.45, 7) is 19.1. The summed E-state index contributed by atoms with van der Waals surface area (Å²) in [5, 5.41) is 0. The van der Waals surface area contributed by atoms with E-state index in [1.54, 1.807) is 11.1 Å². The number of ether oxygens (including phenoxy) is 1. The zero-order chi connectivity index (χ0) is 31.6. The zero-order valence-electron chi connectivity index (χ0n) is 27.7. The number of allylic oxidation sites excluding steroid dienone is 4. The number of fused-ring (bicyclic) bond motifs is 4. The van der Waals surface area contributed by atoms with Crippen molar-refractivity contribution in [2.75, 3.05) is 0 Å². The summed E-state index contributed by atoms with van der Waals surface area (Å²) in [4.78, 5) is 13.1. The predicted molar refractivity (Wildman–Crippen MR) is 168 cm³/mol. The van der Waals surface area contributed by atoms with Crippen LogP contribution in [0.3, 0.4) is 0 Å². The summed E-state index contributed by atoms with van der Waals surface area (Å²) in [6.07, 6.45) is 9.21. The summed E-state index contributed by atoms with van der Waals surface area (Å²) in [5.41, 5.74) is 4.75. The number of hydrogen-bond donors (Lipinski definition) is 0. The lowest BCUT2D eigenvalue weighted by Gasteiger charge is -2.62. The van der Waals surface area contributed by atoms with Crippen molar-refractivity contribution in [1.82, 2.24) is 0 Å². The molecule has 4 aliphatic carbocycles. The van der Waals surface area contributed by atoms with Gasteiger partial charge < -0.3 is 4.74 Å². The van der Waals surface area contributed by atoms with Gasteiger partial charge in [-0.2, -0.15) is 13.2 Å².